The van der Waals surface area contributed by atoms with E-state index in [-0.39, 0.29) is 11.7 Å². The Morgan fingerprint density at radius 1 is 1.19 bits per heavy atom. The van der Waals surface area contributed by atoms with Crippen molar-refractivity contribution in [3.63, 3.8) is 0 Å². The third kappa shape index (κ3) is 9.27. The van der Waals surface area contributed by atoms with Crippen molar-refractivity contribution in [1.82, 2.24) is 20.3 Å². The molecule has 1 aromatic rings. The molecule has 6 N–H and O–H groups in total. The van der Waals surface area contributed by atoms with Gasteiger partial charge in [-0.2, -0.15) is 11.8 Å². The second-order valence-corrected chi connectivity index (χ2v) is 9.83. The van der Waals surface area contributed by atoms with Crippen molar-refractivity contribution in [3.8, 4) is 0 Å². The van der Waals surface area contributed by atoms with Gasteiger partial charge in [-0.05, 0) is 25.5 Å². The number of amides is 2. The number of carbonyl (C=O) groups is 2. The van der Waals surface area contributed by atoms with Crippen molar-refractivity contribution in [2.24, 2.45) is 0 Å². The van der Waals surface area contributed by atoms with E-state index in [1.165, 1.54) is 24.4 Å². The van der Waals surface area contributed by atoms with Gasteiger partial charge in [0.25, 0.3) is 0 Å². The highest BCUT2D eigenvalue weighted by Crippen LogP contribution is 2.28. The van der Waals surface area contributed by atoms with E-state index in [1.807, 2.05) is 0 Å². The monoisotopic (exact) mass is 529 g/mol. The molecule has 0 spiro atoms. The predicted molar refractivity (Wildman–Crippen MR) is 135 cm³/mol. The Bertz CT molecular complexity index is 797. The summed E-state index contributed by atoms with van der Waals surface area (Å²) >= 11 is 1.45. The number of rotatable bonds is 16. The summed E-state index contributed by atoms with van der Waals surface area (Å²) in [7, 11) is 0. The van der Waals surface area contributed by atoms with Crippen molar-refractivity contribution >= 4 is 29.4 Å². The van der Waals surface area contributed by atoms with Crippen LogP contribution in [0.2, 0.25) is 0 Å². The molecule has 0 aliphatic carbocycles. The van der Waals surface area contributed by atoms with E-state index in [4.69, 9.17) is 4.74 Å². The molecule has 4 unspecified atom stereocenters. The number of ether oxygens (including phenoxy) is 1. The molecule has 2 radical (unpaired) electrons. The molecule has 1 fully saturated rings. The third-order valence-corrected chi connectivity index (χ3v) is 6.86. The van der Waals surface area contributed by atoms with Crippen LogP contribution in [-0.4, -0.2) is 95.8 Å². The first kappa shape index (κ1) is 30.5. The average Bonchev–Trinajstić information content (AvgIpc) is 3.32. The maximum absolute atomic E-state index is 12.9. The van der Waals surface area contributed by atoms with Gasteiger partial charge in [-0.1, -0.05) is 44.2 Å². The van der Waals surface area contributed by atoms with Crippen LogP contribution in [0.4, 0.5) is 5.82 Å². The van der Waals surface area contributed by atoms with Crippen LogP contribution in [0.5, 0.6) is 0 Å². The number of carbonyl (C=O) groups excluding carboxylic acids is 2. The first-order valence-electron chi connectivity index (χ1n) is 12.3. The highest BCUT2D eigenvalue weighted by atomic mass is 32.2. The standard InChI is InChI=1S/C23H39N5O7S/c1-3-5-6-7-8-9-10-18(30)24-15(14-36-11-4-2)22(34)25-17-12-28(27-26-17)23-21(33)20(32)19(31)16(13-29)35-23/h4,12,15-16,19-21,23,29,31-33H,2-3,5-11,13-14H2,1H3,(H,24,30)(H,25,34)/t15-,16?,19?,20?,21?,23-/m1/s1. The summed E-state index contributed by atoms with van der Waals surface area (Å²) in [5, 5.41) is 52.6. The lowest BCUT2D eigenvalue weighted by molar-refractivity contribution is -0.254. The Hall–Kier alpha value is -1.77. The number of nitrogens with zero attached hydrogens (tertiary/aromatic N) is 3. The van der Waals surface area contributed by atoms with Crippen LogP contribution in [0.25, 0.3) is 0 Å². The number of thioether (sulfide) groups is 1. The molecular weight excluding hydrogens is 490 g/mol. The van der Waals surface area contributed by atoms with Gasteiger partial charge in [0, 0.05) is 12.2 Å². The van der Waals surface area contributed by atoms with Crippen molar-refractivity contribution in [3.05, 3.63) is 19.5 Å². The van der Waals surface area contributed by atoms with E-state index in [1.54, 1.807) is 6.42 Å². The Morgan fingerprint density at radius 3 is 2.61 bits per heavy atom. The van der Waals surface area contributed by atoms with E-state index in [2.05, 4.69) is 34.8 Å². The zero-order chi connectivity index (χ0) is 26.5. The molecule has 204 valence electrons. The van der Waals surface area contributed by atoms with Crippen molar-refractivity contribution in [2.75, 3.05) is 23.4 Å². The smallest absolute Gasteiger partial charge is 0.249 e. The summed E-state index contributed by atoms with van der Waals surface area (Å²) in [5.41, 5.74) is 0. The molecule has 0 bridgehead atoms. The van der Waals surface area contributed by atoms with Crippen LogP contribution in [0.15, 0.2) is 6.20 Å². The lowest BCUT2D eigenvalue weighted by Gasteiger charge is -2.39. The van der Waals surface area contributed by atoms with Gasteiger partial charge in [-0.3, -0.25) is 9.59 Å². The predicted octanol–water partition coefficient (Wildman–Crippen LogP) is 0.196. The minimum Gasteiger partial charge on any atom is -0.394 e. The van der Waals surface area contributed by atoms with Crippen LogP contribution < -0.4 is 10.6 Å². The van der Waals surface area contributed by atoms with E-state index < -0.39 is 49.2 Å². The molecule has 1 saturated heterocycles. The van der Waals surface area contributed by atoms with E-state index in [9.17, 15) is 30.0 Å². The minimum absolute atomic E-state index is 0.0425. The first-order chi connectivity index (χ1) is 17.3. The highest BCUT2D eigenvalue weighted by molar-refractivity contribution is 7.99. The van der Waals surface area contributed by atoms with Gasteiger partial charge in [0.2, 0.25) is 11.8 Å². The first-order valence-corrected chi connectivity index (χ1v) is 13.5. The van der Waals surface area contributed by atoms with Crippen molar-refractivity contribution < 1.29 is 34.8 Å². The number of nitrogens with one attached hydrogen (secondary N) is 2. The molecule has 1 aromatic heterocycles. The number of unbranched alkanes of at least 4 members (excludes halogenated alkanes) is 5. The Balaban J connectivity index is 1.95. The van der Waals surface area contributed by atoms with Gasteiger partial charge in [0.1, 0.15) is 30.5 Å². The van der Waals surface area contributed by atoms with Crippen LogP contribution in [-0.2, 0) is 14.3 Å². The van der Waals surface area contributed by atoms with Gasteiger partial charge < -0.3 is 35.8 Å². The zero-order valence-electron chi connectivity index (χ0n) is 20.7. The lowest BCUT2D eigenvalue weighted by atomic mass is 9.98. The summed E-state index contributed by atoms with van der Waals surface area (Å²) in [6, 6.07) is -0.806. The Morgan fingerprint density at radius 2 is 1.92 bits per heavy atom. The summed E-state index contributed by atoms with van der Waals surface area (Å²) in [6.45, 7) is 5.24. The average molecular weight is 530 g/mol. The summed E-state index contributed by atoms with van der Waals surface area (Å²) in [4.78, 5) is 25.3. The van der Waals surface area contributed by atoms with Gasteiger partial charge in [-0.25, -0.2) is 4.68 Å². The molecule has 2 rings (SSSR count). The van der Waals surface area contributed by atoms with Gasteiger partial charge in [0.05, 0.1) is 12.8 Å². The quantitative estimate of drug-likeness (QED) is 0.162. The summed E-state index contributed by atoms with van der Waals surface area (Å²) < 4.78 is 6.52. The maximum Gasteiger partial charge on any atom is 0.249 e. The topological polar surface area (TPSA) is 179 Å². The fraction of sp³-hybridized carbons (Fsp3) is 0.739. The molecule has 0 saturated carbocycles. The summed E-state index contributed by atoms with van der Waals surface area (Å²) in [5.74, 6) is 0.310. The largest absolute Gasteiger partial charge is 0.394 e. The second kappa shape index (κ2) is 16.2. The highest BCUT2D eigenvalue weighted by Gasteiger charge is 2.44. The molecule has 2 amide bonds. The molecule has 1 aliphatic heterocycles. The number of aliphatic hydroxyl groups excluding tert-OH is 4. The molecule has 6 atom stereocenters. The normalized spacial score (nSPS) is 24.9. The molecule has 0 aromatic carbocycles. The van der Waals surface area contributed by atoms with Crippen molar-refractivity contribution in [1.29, 1.82) is 0 Å². The van der Waals surface area contributed by atoms with Gasteiger partial charge in [-0.15, -0.1) is 5.10 Å². The number of aromatic nitrogens is 3. The SMILES string of the molecule is [CH2][CH]CSC[C@@H](NC(=O)CCCCCCCC)C(=O)Nc1cn([C@@H]2OC(CO)C(O)C(O)C2O)nn1. The fourth-order valence-electron chi connectivity index (χ4n) is 3.76. The molecular formula is C23H39N5O7S. The molecule has 2 heterocycles. The number of hydrogen-bond donors (Lipinski definition) is 6. The van der Waals surface area contributed by atoms with Crippen molar-refractivity contribution in [2.45, 2.75) is 88.6 Å². The van der Waals surface area contributed by atoms with Crippen LogP contribution in [0.3, 0.4) is 0 Å². The van der Waals surface area contributed by atoms with Crippen LogP contribution in [0.1, 0.15) is 58.1 Å². The molecule has 36 heavy (non-hydrogen) atoms. The Labute approximate surface area is 216 Å². The molecule has 13 heteroatoms. The van der Waals surface area contributed by atoms with Gasteiger partial charge >= 0.3 is 0 Å². The lowest BCUT2D eigenvalue weighted by Crippen LogP contribution is -2.56. The molecule has 1 aliphatic rings. The minimum atomic E-state index is -1.57. The fourth-order valence-corrected chi connectivity index (χ4v) is 4.53. The van der Waals surface area contributed by atoms with E-state index in [0.717, 1.165) is 36.8 Å². The van der Waals surface area contributed by atoms with Gasteiger partial charge in [0.15, 0.2) is 12.0 Å². The number of hydrogen-bond acceptors (Lipinski definition) is 10. The zero-order valence-corrected chi connectivity index (χ0v) is 21.5. The third-order valence-electron chi connectivity index (χ3n) is 5.82. The van der Waals surface area contributed by atoms with E-state index in [0.29, 0.717) is 17.9 Å². The van der Waals surface area contributed by atoms with Crippen LogP contribution in [0, 0.1) is 13.3 Å². The van der Waals surface area contributed by atoms with Crippen LogP contribution >= 0.6 is 11.8 Å². The molecule has 12 nitrogen and oxygen atoms in total. The number of anilines is 1. The Kier molecular flexibility index (Phi) is 13.7. The summed E-state index contributed by atoms with van der Waals surface area (Å²) in [6.07, 6.45) is 2.70. The number of aliphatic hydroxyl groups is 4. The maximum atomic E-state index is 12.9. The second-order valence-electron chi connectivity index (χ2n) is 8.76. The van der Waals surface area contributed by atoms with E-state index >= 15 is 0 Å².